The van der Waals surface area contributed by atoms with Crippen LogP contribution in [0.15, 0.2) is 23.2 Å². The molecule has 94 valence electrons. The number of aliphatic hydroxyl groups excluding tert-OH is 1. The molecule has 1 rings (SSSR count). The smallest absolute Gasteiger partial charge is 0.379 e. The molecule has 0 saturated heterocycles. The Morgan fingerprint density at radius 2 is 2.29 bits per heavy atom. The van der Waals surface area contributed by atoms with Gasteiger partial charge < -0.3 is 14.6 Å². The first-order valence-electron chi connectivity index (χ1n) is 5.19. The van der Waals surface area contributed by atoms with Crippen molar-refractivity contribution in [3.8, 4) is 0 Å². The number of cyclic esters (lactones) is 1. The number of aliphatic hydroxyl groups is 1. The van der Waals surface area contributed by atoms with Gasteiger partial charge in [0, 0.05) is 11.5 Å². The van der Waals surface area contributed by atoms with E-state index in [9.17, 15) is 14.7 Å². The molecule has 1 aliphatic rings. The van der Waals surface area contributed by atoms with E-state index in [0.717, 1.165) is 6.08 Å². The second-order valence-electron chi connectivity index (χ2n) is 3.27. The van der Waals surface area contributed by atoms with Gasteiger partial charge in [-0.25, -0.2) is 9.59 Å². The Kier molecular flexibility index (Phi) is 5.03. The van der Waals surface area contributed by atoms with Crippen molar-refractivity contribution >= 4 is 23.5 Å². The van der Waals surface area contributed by atoms with Crippen LogP contribution in [0.4, 0.5) is 0 Å². The van der Waals surface area contributed by atoms with Gasteiger partial charge in [0.05, 0.1) is 12.7 Å². The first-order chi connectivity index (χ1) is 8.10. The molecule has 1 N–H and O–H groups in total. The molecule has 0 fully saturated rings. The molecule has 0 spiro atoms. The van der Waals surface area contributed by atoms with Gasteiger partial charge in [-0.1, -0.05) is 0 Å². The highest BCUT2D eigenvalue weighted by atomic mass is 35.5. The van der Waals surface area contributed by atoms with Crippen molar-refractivity contribution in [2.45, 2.75) is 19.8 Å². The minimum atomic E-state index is -0.856. The quantitative estimate of drug-likeness (QED) is 0.464. The summed E-state index contributed by atoms with van der Waals surface area (Å²) in [5.41, 5.74) is 0.295. The van der Waals surface area contributed by atoms with Gasteiger partial charge in [0.2, 0.25) is 5.76 Å². The second-order valence-corrected chi connectivity index (χ2v) is 3.65. The number of hydrogen-bond donors (Lipinski definition) is 1. The molecule has 17 heavy (non-hydrogen) atoms. The molecule has 0 bridgehead atoms. The molecule has 1 heterocycles. The number of halogens is 1. The lowest BCUT2D eigenvalue weighted by molar-refractivity contribution is -0.137. The Hall–Kier alpha value is -1.49. The van der Waals surface area contributed by atoms with E-state index in [1.165, 1.54) is 0 Å². The van der Waals surface area contributed by atoms with Gasteiger partial charge in [-0.3, -0.25) is 0 Å². The van der Waals surface area contributed by atoms with Crippen molar-refractivity contribution < 1.29 is 24.2 Å². The Labute approximate surface area is 104 Å². The summed E-state index contributed by atoms with van der Waals surface area (Å²) < 4.78 is 9.44. The van der Waals surface area contributed by atoms with Crippen LogP contribution in [0.3, 0.4) is 0 Å². The molecule has 0 radical (unpaired) electrons. The fourth-order valence-corrected chi connectivity index (χ4v) is 1.48. The molecule has 6 heteroatoms. The van der Waals surface area contributed by atoms with Gasteiger partial charge >= 0.3 is 11.9 Å². The predicted molar refractivity (Wildman–Crippen MR) is 60.4 cm³/mol. The van der Waals surface area contributed by atoms with E-state index in [2.05, 4.69) is 0 Å². The predicted octanol–water partition coefficient (Wildman–Crippen LogP) is 1.82. The van der Waals surface area contributed by atoms with Gasteiger partial charge in [-0.05, 0) is 19.8 Å². The molecule has 0 atom stereocenters. The van der Waals surface area contributed by atoms with E-state index in [1.807, 2.05) is 0 Å². The fraction of sp³-hybridized carbons (Fsp3) is 0.455. The number of hydrogen-bond acceptors (Lipinski definition) is 5. The summed E-state index contributed by atoms with van der Waals surface area (Å²) in [6.45, 7) is 1.89. The number of rotatable bonds is 5. The standard InChI is InChI=1S/C11H13ClO5/c1-2-16-9(13)6-8-7(4-3-5-12)10(14)11(15)17-8/h6,14H,2-5H2,1H3/b8-6-. The maximum Gasteiger partial charge on any atom is 0.379 e. The zero-order chi connectivity index (χ0) is 12.8. The Morgan fingerprint density at radius 1 is 1.59 bits per heavy atom. The van der Waals surface area contributed by atoms with Crippen LogP contribution in [0.1, 0.15) is 19.8 Å². The van der Waals surface area contributed by atoms with Crippen molar-refractivity contribution in [1.29, 1.82) is 0 Å². The first-order valence-corrected chi connectivity index (χ1v) is 5.72. The summed E-state index contributed by atoms with van der Waals surface area (Å²) in [7, 11) is 0. The van der Waals surface area contributed by atoms with Crippen LogP contribution in [-0.2, 0) is 19.1 Å². The van der Waals surface area contributed by atoms with E-state index in [0.29, 0.717) is 24.3 Å². The van der Waals surface area contributed by atoms with Gasteiger partial charge in [0.25, 0.3) is 0 Å². The van der Waals surface area contributed by atoms with Crippen molar-refractivity contribution in [2.24, 2.45) is 0 Å². The molecule has 0 aromatic carbocycles. The summed E-state index contributed by atoms with van der Waals surface area (Å²) >= 11 is 5.53. The number of carbonyl (C=O) groups is 2. The monoisotopic (exact) mass is 260 g/mol. The topological polar surface area (TPSA) is 72.8 Å². The minimum absolute atomic E-state index is 0.0380. The third kappa shape index (κ3) is 3.49. The van der Waals surface area contributed by atoms with E-state index in [-0.39, 0.29) is 12.4 Å². The Balaban J connectivity index is 2.85. The Morgan fingerprint density at radius 3 is 2.88 bits per heavy atom. The van der Waals surface area contributed by atoms with Crippen LogP contribution in [0.25, 0.3) is 0 Å². The molecule has 0 aromatic rings. The third-order valence-electron chi connectivity index (χ3n) is 2.08. The number of carbonyl (C=O) groups excluding carboxylic acids is 2. The number of alkyl halides is 1. The number of allylic oxidation sites excluding steroid dienone is 1. The van der Waals surface area contributed by atoms with Crippen molar-refractivity contribution in [3.05, 3.63) is 23.2 Å². The molecule has 0 amide bonds. The molecular formula is C11H13ClO5. The average molecular weight is 261 g/mol. The highest BCUT2D eigenvalue weighted by Gasteiger charge is 2.29. The third-order valence-corrected chi connectivity index (χ3v) is 2.34. The summed E-state index contributed by atoms with van der Waals surface area (Å²) in [6.07, 6.45) is 1.98. The number of esters is 2. The van der Waals surface area contributed by atoms with Crippen molar-refractivity contribution in [2.75, 3.05) is 12.5 Å². The van der Waals surface area contributed by atoms with E-state index in [4.69, 9.17) is 21.1 Å². The molecule has 0 unspecified atom stereocenters. The summed E-state index contributed by atoms with van der Waals surface area (Å²) in [5, 5.41) is 9.47. The normalized spacial score (nSPS) is 17.5. The van der Waals surface area contributed by atoms with E-state index >= 15 is 0 Å². The van der Waals surface area contributed by atoms with Crippen LogP contribution < -0.4 is 0 Å². The zero-order valence-electron chi connectivity index (χ0n) is 9.36. The molecule has 0 saturated carbocycles. The van der Waals surface area contributed by atoms with Gasteiger partial charge in [-0.15, -0.1) is 11.6 Å². The summed E-state index contributed by atoms with van der Waals surface area (Å²) in [6, 6.07) is 0. The number of ether oxygens (including phenoxy) is 2. The van der Waals surface area contributed by atoms with Crippen molar-refractivity contribution in [3.63, 3.8) is 0 Å². The van der Waals surface area contributed by atoms with Crippen LogP contribution in [0, 0.1) is 0 Å². The SMILES string of the molecule is CCOC(=O)/C=C1\OC(=O)C(O)=C1CCCCl. The summed E-state index contributed by atoms with van der Waals surface area (Å²) in [5.74, 6) is -1.52. The minimum Gasteiger partial charge on any atom is -0.502 e. The van der Waals surface area contributed by atoms with E-state index < -0.39 is 17.7 Å². The first kappa shape index (κ1) is 13.6. The van der Waals surface area contributed by atoms with Crippen LogP contribution in [-0.4, -0.2) is 29.5 Å². The lowest BCUT2D eigenvalue weighted by atomic mass is 10.1. The summed E-state index contributed by atoms with van der Waals surface area (Å²) in [4.78, 5) is 22.4. The molecule has 0 aliphatic carbocycles. The van der Waals surface area contributed by atoms with Crippen LogP contribution >= 0.6 is 11.6 Å². The molecule has 1 aliphatic heterocycles. The highest BCUT2D eigenvalue weighted by molar-refractivity contribution is 6.17. The van der Waals surface area contributed by atoms with Gasteiger partial charge in [0.1, 0.15) is 5.76 Å². The largest absolute Gasteiger partial charge is 0.502 e. The second kappa shape index (κ2) is 6.30. The lowest BCUT2D eigenvalue weighted by Crippen LogP contribution is -2.03. The van der Waals surface area contributed by atoms with Crippen LogP contribution in [0.5, 0.6) is 0 Å². The van der Waals surface area contributed by atoms with E-state index in [1.54, 1.807) is 6.92 Å². The molecule has 5 nitrogen and oxygen atoms in total. The Bertz CT molecular complexity index is 383. The maximum atomic E-state index is 11.2. The fourth-order valence-electron chi connectivity index (χ4n) is 1.34. The van der Waals surface area contributed by atoms with Gasteiger partial charge in [0.15, 0.2) is 0 Å². The van der Waals surface area contributed by atoms with Crippen molar-refractivity contribution in [1.82, 2.24) is 0 Å². The lowest BCUT2D eigenvalue weighted by Gasteiger charge is -2.02. The zero-order valence-corrected chi connectivity index (χ0v) is 10.1. The average Bonchev–Trinajstić information content (AvgIpc) is 2.53. The highest BCUT2D eigenvalue weighted by Crippen LogP contribution is 2.28. The van der Waals surface area contributed by atoms with Gasteiger partial charge in [-0.2, -0.15) is 0 Å². The maximum absolute atomic E-state index is 11.2. The van der Waals surface area contributed by atoms with Crippen LogP contribution in [0.2, 0.25) is 0 Å². The molecule has 0 aromatic heterocycles. The molecular weight excluding hydrogens is 248 g/mol.